The minimum Gasteiger partial charge on any atom is -0.496 e. The molecular weight excluding hydrogens is 376 g/mol. The molecule has 1 aromatic carbocycles. The number of benzene rings is 1. The van der Waals surface area contributed by atoms with Crippen molar-refractivity contribution < 1.29 is 19.1 Å². The number of fused-ring (bicyclic) bond motifs is 1. The lowest BCUT2D eigenvalue weighted by atomic mass is 9.85. The molecular formula is C21H24N2O4S. The molecule has 0 spiro atoms. The Balaban J connectivity index is 2.05. The number of ether oxygens (including phenoxy) is 2. The first-order chi connectivity index (χ1) is 13.3. The van der Waals surface area contributed by atoms with Gasteiger partial charge in [-0.1, -0.05) is 20.8 Å². The van der Waals surface area contributed by atoms with Gasteiger partial charge >= 0.3 is 5.97 Å². The first-order valence-corrected chi connectivity index (χ1v) is 9.90. The van der Waals surface area contributed by atoms with Crippen LogP contribution in [0, 0.1) is 0 Å². The van der Waals surface area contributed by atoms with E-state index in [9.17, 15) is 9.59 Å². The van der Waals surface area contributed by atoms with E-state index in [1.54, 1.807) is 24.6 Å². The fourth-order valence-electron chi connectivity index (χ4n) is 3.11. The summed E-state index contributed by atoms with van der Waals surface area (Å²) < 4.78 is 12.2. The molecule has 6 nitrogen and oxygen atoms in total. The molecule has 0 unspecified atom stereocenters. The molecule has 0 aliphatic rings. The third kappa shape index (κ3) is 3.80. The highest BCUT2D eigenvalue weighted by Crippen LogP contribution is 2.36. The van der Waals surface area contributed by atoms with Crippen LogP contribution in [-0.4, -0.2) is 35.4 Å². The molecule has 28 heavy (non-hydrogen) atoms. The smallest absolute Gasteiger partial charge is 0.311 e. The Morgan fingerprint density at radius 1 is 1.32 bits per heavy atom. The molecule has 0 bridgehead atoms. The van der Waals surface area contributed by atoms with Crippen LogP contribution in [-0.2, 0) is 21.4 Å². The van der Waals surface area contributed by atoms with Crippen molar-refractivity contribution in [2.75, 3.05) is 13.7 Å². The van der Waals surface area contributed by atoms with Crippen molar-refractivity contribution in [2.24, 2.45) is 0 Å². The number of nitrogens with zero attached hydrogens (tertiary/aromatic N) is 2. The normalized spacial score (nSPS) is 11.6. The number of thiazole rings is 1. The highest BCUT2D eigenvalue weighted by Gasteiger charge is 2.22. The summed E-state index contributed by atoms with van der Waals surface area (Å²) in [4.78, 5) is 29.7. The van der Waals surface area contributed by atoms with Crippen molar-refractivity contribution in [1.82, 2.24) is 9.38 Å². The van der Waals surface area contributed by atoms with Gasteiger partial charge in [-0.15, -0.1) is 11.3 Å². The molecule has 0 saturated heterocycles. The van der Waals surface area contributed by atoms with Gasteiger partial charge in [0.15, 0.2) is 11.2 Å². The van der Waals surface area contributed by atoms with Crippen molar-refractivity contribution in [3.63, 3.8) is 0 Å². The molecule has 2 aromatic heterocycles. The van der Waals surface area contributed by atoms with E-state index in [0.717, 1.165) is 28.0 Å². The fourth-order valence-corrected chi connectivity index (χ4v) is 4.08. The summed E-state index contributed by atoms with van der Waals surface area (Å²) in [7, 11) is 1.65. The number of esters is 1. The largest absolute Gasteiger partial charge is 0.496 e. The molecule has 148 valence electrons. The fraction of sp³-hybridized carbons (Fsp3) is 0.381. The minimum absolute atomic E-state index is 0.118. The van der Waals surface area contributed by atoms with Gasteiger partial charge in [-0.25, -0.2) is 4.98 Å². The molecule has 0 amide bonds. The average Bonchev–Trinajstić information content (AvgIpc) is 3.17. The SMILES string of the molecule is CCOC(=O)Cc1cn2c(C=O)c(-c3ccc(OC)c(C(C)(C)C)c3)nc2s1. The Kier molecular flexibility index (Phi) is 5.56. The number of rotatable bonds is 6. The molecule has 0 aliphatic carbocycles. The maximum Gasteiger partial charge on any atom is 0.311 e. The van der Waals surface area contributed by atoms with E-state index in [0.29, 0.717) is 23.0 Å². The maximum absolute atomic E-state index is 11.8. The van der Waals surface area contributed by atoms with Gasteiger partial charge in [0.05, 0.1) is 20.1 Å². The summed E-state index contributed by atoms with van der Waals surface area (Å²) in [5, 5.41) is 0. The van der Waals surface area contributed by atoms with Gasteiger partial charge in [-0.2, -0.15) is 0 Å². The lowest BCUT2D eigenvalue weighted by Crippen LogP contribution is -2.13. The molecule has 3 aromatic rings. The number of aldehydes is 1. The summed E-state index contributed by atoms with van der Waals surface area (Å²) in [6.45, 7) is 8.46. The Hall–Kier alpha value is -2.67. The van der Waals surface area contributed by atoms with Gasteiger partial charge in [-0.05, 0) is 30.5 Å². The van der Waals surface area contributed by atoms with Crippen LogP contribution in [0.5, 0.6) is 5.75 Å². The summed E-state index contributed by atoms with van der Waals surface area (Å²) in [6, 6.07) is 5.84. The highest BCUT2D eigenvalue weighted by molar-refractivity contribution is 7.17. The van der Waals surface area contributed by atoms with Crippen molar-refractivity contribution in [3.05, 3.63) is 40.5 Å². The van der Waals surface area contributed by atoms with Gasteiger partial charge in [0.2, 0.25) is 0 Å². The maximum atomic E-state index is 11.8. The van der Waals surface area contributed by atoms with Gasteiger partial charge in [-0.3, -0.25) is 14.0 Å². The van der Waals surface area contributed by atoms with Crippen molar-refractivity contribution in [1.29, 1.82) is 0 Å². The molecule has 3 rings (SSSR count). The minimum atomic E-state index is -0.287. The topological polar surface area (TPSA) is 69.9 Å². The molecule has 0 radical (unpaired) electrons. The first-order valence-electron chi connectivity index (χ1n) is 9.09. The Morgan fingerprint density at radius 3 is 2.68 bits per heavy atom. The monoisotopic (exact) mass is 400 g/mol. The summed E-state index contributed by atoms with van der Waals surface area (Å²) in [5.74, 6) is 0.520. The van der Waals surface area contributed by atoms with Crippen LogP contribution < -0.4 is 4.74 Å². The second-order valence-corrected chi connectivity index (χ2v) is 8.55. The molecule has 0 fully saturated rings. The number of methoxy groups -OCH3 is 1. The standard InChI is InChI=1S/C21H24N2O4S/c1-6-27-18(25)10-14-11-23-16(12-24)19(22-20(23)28-14)13-7-8-17(26-5)15(9-13)21(2,3)4/h7-9,11-12H,6,10H2,1-5H3. The van der Waals surface area contributed by atoms with Gasteiger partial charge in [0, 0.05) is 22.2 Å². The van der Waals surface area contributed by atoms with Gasteiger partial charge < -0.3 is 9.47 Å². The van der Waals surface area contributed by atoms with Crippen molar-refractivity contribution in [3.8, 4) is 17.0 Å². The molecule has 2 heterocycles. The summed E-state index contributed by atoms with van der Waals surface area (Å²) >= 11 is 1.38. The number of hydrogen-bond donors (Lipinski definition) is 0. The van der Waals surface area contributed by atoms with E-state index in [4.69, 9.17) is 9.47 Å². The highest BCUT2D eigenvalue weighted by atomic mass is 32.1. The van der Waals surface area contributed by atoms with E-state index in [1.807, 2.05) is 18.2 Å². The van der Waals surface area contributed by atoms with E-state index in [1.165, 1.54) is 11.3 Å². The van der Waals surface area contributed by atoms with E-state index >= 15 is 0 Å². The van der Waals surface area contributed by atoms with Gasteiger partial charge in [0.1, 0.15) is 17.1 Å². The number of carbonyl (C=O) groups excluding carboxylic acids is 2. The summed E-state index contributed by atoms with van der Waals surface area (Å²) in [5.41, 5.74) is 2.87. The number of carbonyl (C=O) groups is 2. The Morgan fingerprint density at radius 2 is 2.07 bits per heavy atom. The summed E-state index contributed by atoms with van der Waals surface area (Å²) in [6.07, 6.45) is 2.76. The van der Waals surface area contributed by atoms with Crippen LogP contribution in [0.2, 0.25) is 0 Å². The average molecular weight is 401 g/mol. The molecule has 0 saturated carbocycles. The zero-order valence-corrected chi connectivity index (χ0v) is 17.6. The number of imidazole rings is 1. The number of aromatic nitrogens is 2. The quantitative estimate of drug-likeness (QED) is 0.456. The molecule has 0 atom stereocenters. The molecule has 7 heteroatoms. The van der Waals surface area contributed by atoms with Crippen molar-refractivity contribution >= 4 is 28.6 Å². The van der Waals surface area contributed by atoms with Gasteiger partial charge in [0.25, 0.3) is 0 Å². The predicted molar refractivity (Wildman–Crippen MR) is 109 cm³/mol. The van der Waals surface area contributed by atoms with Crippen LogP contribution in [0.15, 0.2) is 24.4 Å². The Bertz CT molecular complexity index is 1030. The van der Waals surface area contributed by atoms with E-state index in [2.05, 4.69) is 25.8 Å². The van der Waals surface area contributed by atoms with Crippen LogP contribution in [0.3, 0.4) is 0 Å². The first kappa shape index (κ1) is 20.1. The lowest BCUT2D eigenvalue weighted by molar-refractivity contribution is -0.142. The zero-order valence-electron chi connectivity index (χ0n) is 16.7. The third-order valence-corrected chi connectivity index (χ3v) is 5.41. The zero-order chi connectivity index (χ0) is 20.5. The molecule has 0 aliphatic heterocycles. The predicted octanol–water partition coefficient (Wildman–Crippen LogP) is 4.29. The van der Waals surface area contributed by atoms with Crippen LogP contribution in [0.25, 0.3) is 16.2 Å². The Labute approximate surface area is 168 Å². The molecule has 0 N–H and O–H groups in total. The second kappa shape index (κ2) is 7.75. The van der Waals surface area contributed by atoms with Crippen LogP contribution >= 0.6 is 11.3 Å². The van der Waals surface area contributed by atoms with Crippen molar-refractivity contribution in [2.45, 2.75) is 39.5 Å². The van der Waals surface area contributed by atoms with E-state index < -0.39 is 0 Å². The third-order valence-electron chi connectivity index (χ3n) is 4.43. The van der Waals surface area contributed by atoms with E-state index in [-0.39, 0.29) is 17.8 Å². The van der Waals surface area contributed by atoms with Crippen LogP contribution in [0.1, 0.15) is 48.6 Å². The second-order valence-electron chi connectivity index (χ2n) is 7.46. The van der Waals surface area contributed by atoms with Crippen LogP contribution in [0.4, 0.5) is 0 Å². The lowest BCUT2D eigenvalue weighted by Gasteiger charge is -2.22. The number of hydrogen-bond acceptors (Lipinski definition) is 6.